The summed E-state index contributed by atoms with van der Waals surface area (Å²) in [5.41, 5.74) is -2.72. The predicted octanol–water partition coefficient (Wildman–Crippen LogP) is 3.98. The number of hydrogen-bond donors (Lipinski definition) is 1. The van der Waals surface area contributed by atoms with E-state index in [9.17, 15) is 26.7 Å². The Morgan fingerprint density at radius 2 is 2.00 bits per heavy atom. The number of hydrogen-bond acceptors (Lipinski definition) is 2. The van der Waals surface area contributed by atoms with Crippen LogP contribution in [0.3, 0.4) is 0 Å². The van der Waals surface area contributed by atoms with E-state index in [4.69, 9.17) is 9.84 Å². The second kappa shape index (κ2) is 5.26. The molecule has 0 fully saturated rings. The van der Waals surface area contributed by atoms with E-state index in [0.717, 1.165) is 6.07 Å². The summed E-state index contributed by atoms with van der Waals surface area (Å²) < 4.78 is 70.7. The van der Waals surface area contributed by atoms with Gasteiger partial charge in [-0.15, -0.1) is 0 Å². The maximum absolute atomic E-state index is 14.0. The van der Waals surface area contributed by atoms with Gasteiger partial charge in [0.25, 0.3) is 0 Å². The van der Waals surface area contributed by atoms with Crippen molar-refractivity contribution in [3.8, 4) is 5.75 Å². The quantitative estimate of drug-likeness (QED) is 0.662. The fourth-order valence-electron chi connectivity index (χ4n) is 2.28. The monoisotopic (exact) mass is 322 g/mol. The summed E-state index contributed by atoms with van der Waals surface area (Å²) in [6.07, 6.45) is -4.84. The third-order valence-corrected chi connectivity index (χ3v) is 3.27. The highest BCUT2D eigenvalue weighted by Crippen LogP contribution is 2.46. The molecule has 0 atom stereocenters. The maximum atomic E-state index is 14.0. The minimum atomic E-state index is -4.65. The lowest BCUT2D eigenvalue weighted by Gasteiger charge is -2.29. The van der Waals surface area contributed by atoms with E-state index in [1.807, 2.05) is 0 Å². The first-order chi connectivity index (χ1) is 10.1. The van der Waals surface area contributed by atoms with Gasteiger partial charge in [-0.25, -0.2) is 4.79 Å². The third-order valence-electron chi connectivity index (χ3n) is 3.27. The van der Waals surface area contributed by atoms with Crippen LogP contribution in [0.4, 0.5) is 22.0 Å². The summed E-state index contributed by atoms with van der Waals surface area (Å²) in [6.45, 7) is 0.180. The zero-order valence-electron chi connectivity index (χ0n) is 11.3. The van der Waals surface area contributed by atoms with Gasteiger partial charge in [-0.1, -0.05) is 13.0 Å². The molecule has 0 spiro atoms. The van der Waals surface area contributed by atoms with Gasteiger partial charge in [-0.05, 0) is 18.6 Å². The first-order valence-corrected chi connectivity index (χ1v) is 6.27. The van der Waals surface area contributed by atoms with Gasteiger partial charge < -0.3 is 9.84 Å². The number of carbonyl (C=O) groups is 1. The molecule has 0 saturated heterocycles. The van der Waals surface area contributed by atoms with Gasteiger partial charge in [-0.2, -0.15) is 22.0 Å². The Kier molecular flexibility index (Phi) is 3.88. The van der Waals surface area contributed by atoms with Crippen LogP contribution >= 0.6 is 0 Å². The topological polar surface area (TPSA) is 46.5 Å². The molecule has 1 aliphatic heterocycles. The molecule has 1 aromatic carbocycles. The van der Waals surface area contributed by atoms with Crippen LogP contribution in [-0.2, 0) is 11.0 Å². The average molecular weight is 322 g/mol. The van der Waals surface area contributed by atoms with Gasteiger partial charge in [0.2, 0.25) is 0 Å². The van der Waals surface area contributed by atoms with Crippen LogP contribution < -0.4 is 4.74 Å². The number of alkyl halides is 5. The van der Waals surface area contributed by atoms with Crippen molar-refractivity contribution < 1.29 is 36.6 Å². The van der Waals surface area contributed by atoms with Crippen molar-refractivity contribution >= 4 is 11.5 Å². The summed E-state index contributed by atoms with van der Waals surface area (Å²) in [7, 11) is 0. The fraction of sp³-hybridized carbons (Fsp3) is 0.357. The summed E-state index contributed by atoms with van der Waals surface area (Å²) in [5, 5.41) is 9.06. The second-order valence-electron chi connectivity index (χ2n) is 4.71. The molecule has 0 radical (unpaired) electrons. The lowest BCUT2D eigenvalue weighted by molar-refractivity contribution is -0.138. The van der Waals surface area contributed by atoms with E-state index < -0.39 is 47.1 Å². The number of carboxylic acids is 1. The zero-order valence-corrected chi connectivity index (χ0v) is 11.3. The van der Waals surface area contributed by atoms with Crippen molar-refractivity contribution in [2.45, 2.75) is 25.4 Å². The van der Waals surface area contributed by atoms with Crippen LogP contribution in [0.2, 0.25) is 0 Å². The van der Waals surface area contributed by atoms with Gasteiger partial charge in [0.15, 0.2) is 6.61 Å². The molecule has 1 heterocycles. The van der Waals surface area contributed by atoms with Crippen molar-refractivity contribution in [2.24, 2.45) is 0 Å². The Hall–Kier alpha value is -2.12. The highest BCUT2D eigenvalue weighted by Gasteiger charge is 2.45. The molecular weight excluding hydrogens is 311 g/mol. The molecular formula is C14H11F5O3. The smallest absolute Gasteiger partial charge is 0.416 e. The number of ether oxygens (including phenoxy) is 1. The maximum Gasteiger partial charge on any atom is 0.416 e. The largest absolute Gasteiger partial charge is 0.486 e. The highest BCUT2D eigenvalue weighted by atomic mass is 19.4. The molecule has 0 unspecified atom stereocenters. The first kappa shape index (κ1) is 16.3. The van der Waals surface area contributed by atoms with Crippen molar-refractivity contribution in [1.29, 1.82) is 0 Å². The fourth-order valence-corrected chi connectivity index (χ4v) is 2.28. The van der Waals surface area contributed by atoms with E-state index in [0.29, 0.717) is 12.1 Å². The summed E-state index contributed by atoms with van der Waals surface area (Å²) in [5.74, 6) is -5.52. The number of fused-ring (bicyclic) bond motifs is 1. The number of aliphatic carboxylic acids is 1. The third kappa shape index (κ3) is 2.77. The predicted molar refractivity (Wildman–Crippen MR) is 66.7 cm³/mol. The molecule has 0 aromatic heterocycles. The van der Waals surface area contributed by atoms with Crippen molar-refractivity contribution in [2.75, 3.05) is 6.61 Å². The molecule has 1 aliphatic rings. The molecule has 1 N–H and O–H groups in total. The number of carboxylic acid groups (broad SMARTS) is 1. The minimum absolute atomic E-state index is 0.194. The summed E-state index contributed by atoms with van der Waals surface area (Å²) in [6, 6.07) is 2.04. The molecule has 8 heteroatoms. The molecule has 3 nitrogen and oxygen atoms in total. The molecule has 2 rings (SSSR count). The average Bonchev–Trinajstić information content (AvgIpc) is 2.40. The number of rotatable bonds is 2. The molecule has 22 heavy (non-hydrogen) atoms. The van der Waals surface area contributed by atoms with Crippen LogP contribution in [0.1, 0.15) is 24.5 Å². The van der Waals surface area contributed by atoms with Crippen molar-refractivity contribution in [1.82, 2.24) is 0 Å². The Balaban J connectivity index is 2.70. The van der Waals surface area contributed by atoms with E-state index in [2.05, 4.69) is 0 Å². The van der Waals surface area contributed by atoms with Crippen molar-refractivity contribution in [3.05, 3.63) is 34.9 Å². The van der Waals surface area contributed by atoms with E-state index in [1.165, 1.54) is 6.92 Å². The molecule has 0 amide bonds. The Labute approximate surface area is 122 Å². The normalized spacial score (nSPS) is 19.2. The molecule has 120 valence electrons. The van der Waals surface area contributed by atoms with Crippen LogP contribution in [-0.4, -0.2) is 23.6 Å². The summed E-state index contributed by atoms with van der Waals surface area (Å²) in [4.78, 5) is 11.1. The van der Waals surface area contributed by atoms with Crippen molar-refractivity contribution in [3.63, 3.8) is 0 Å². The van der Waals surface area contributed by atoms with Gasteiger partial charge in [0.1, 0.15) is 5.75 Å². The van der Waals surface area contributed by atoms with Crippen LogP contribution in [0.25, 0.3) is 5.57 Å². The van der Waals surface area contributed by atoms with E-state index >= 15 is 0 Å². The second-order valence-corrected chi connectivity index (χ2v) is 4.71. The van der Waals surface area contributed by atoms with Gasteiger partial charge in [0.05, 0.1) is 5.56 Å². The molecule has 0 saturated carbocycles. The lowest BCUT2D eigenvalue weighted by atomic mass is 9.90. The molecule has 0 aliphatic carbocycles. The summed E-state index contributed by atoms with van der Waals surface area (Å²) >= 11 is 0. The molecule has 1 aromatic rings. The Morgan fingerprint density at radius 1 is 1.36 bits per heavy atom. The van der Waals surface area contributed by atoms with E-state index in [1.54, 1.807) is 0 Å². The van der Waals surface area contributed by atoms with Crippen LogP contribution in [0, 0.1) is 0 Å². The Bertz CT molecular complexity index is 646. The van der Waals surface area contributed by atoms with Gasteiger partial charge in [-0.3, -0.25) is 0 Å². The standard InChI is InChI=1S/C14H11F5O3/c1-2-8(12(20)21)11-9-4-3-7(14(17,18)19)5-10(9)22-6-13(11,15)16/h3-5H,2,6H2,1H3,(H,20,21). The minimum Gasteiger partial charge on any atom is -0.486 e. The van der Waals surface area contributed by atoms with Crippen LogP contribution in [0.15, 0.2) is 23.8 Å². The Morgan fingerprint density at radius 3 is 2.50 bits per heavy atom. The first-order valence-electron chi connectivity index (χ1n) is 6.27. The van der Waals surface area contributed by atoms with E-state index in [-0.39, 0.29) is 12.0 Å². The number of halogens is 5. The number of benzene rings is 1. The van der Waals surface area contributed by atoms with Gasteiger partial charge >= 0.3 is 18.1 Å². The lowest BCUT2D eigenvalue weighted by Crippen LogP contribution is -2.33. The van der Waals surface area contributed by atoms with Crippen LogP contribution in [0.5, 0.6) is 5.75 Å². The van der Waals surface area contributed by atoms with Gasteiger partial charge in [0, 0.05) is 16.7 Å². The zero-order chi connectivity index (χ0) is 16.7. The highest BCUT2D eigenvalue weighted by molar-refractivity contribution is 5.99. The SMILES string of the molecule is CCC(C(=O)O)=C1c2ccc(C(F)(F)F)cc2OCC1(F)F. The molecule has 0 bridgehead atoms.